The summed E-state index contributed by atoms with van der Waals surface area (Å²) in [4.78, 5) is 4.44. The van der Waals surface area contributed by atoms with Crippen molar-refractivity contribution in [1.29, 1.82) is 0 Å². The standard InChI is InChI=1S/C16H31NO/c1-4-7-9-10-12-16(11-8-5-2)15-17-13-14-18-6-3/h12,15H,4-11,13-14H2,1-3H3/b16-12+,17-15?. The molecule has 0 N–H and O–H groups in total. The SMILES string of the molecule is CCCCC/C=C(/C=NCCOCC)CCCC. The third-order valence-corrected chi connectivity index (χ3v) is 2.86. The van der Waals surface area contributed by atoms with Crippen LogP contribution in [0.4, 0.5) is 0 Å². The molecule has 0 saturated carbocycles. The van der Waals surface area contributed by atoms with Crippen LogP contribution in [0.2, 0.25) is 0 Å². The van der Waals surface area contributed by atoms with Crippen LogP contribution < -0.4 is 0 Å². The van der Waals surface area contributed by atoms with Gasteiger partial charge in [-0.1, -0.05) is 39.2 Å². The number of hydrogen-bond donors (Lipinski definition) is 0. The molecular formula is C16H31NO. The monoisotopic (exact) mass is 253 g/mol. The highest BCUT2D eigenvalue weighted by Crippen LogP contribution is 2.09. The topological polar surface area (TPSA) is 21.6 Å². The van der Waals surface area contributed by atoms with Crippen LogP contribution in [0.15, 0.2) is 16.6 Å². The van der Waals surface area contributed by atoms with Crippen molar-refractivity contribution < 1.29 is 4.74 Å². The third-order valence-electron chi connectivity index (χ3n) is 2.86. The lowest BCUT2D eigenvalue weighted by Gasteiger charge is -2.02. The fourth-order valence-corrected chi connectivity index (χ4v) is 1.73. The van der Waals surface area contributed by atoms with E-state index in [0.717, 1.165) is 19.8 Å². The molecule has 0 aromatic rings. The zero-order chi connectivity index (χ0) is 13.5. The molecule has 0 radical (unpaired) electrons. The van der Waals surface area contributed by atoms with E-state index < -0.39 is 0 Å². The molecule has 0 aliphatic rings. The van der Waals surface area contributed by atoms with Crippen LogP contribution in [0, 0.1) is 0 Å². The molecule has 18 heavy (non-hydrogen) atoms. The minimum absolute atomic E-state index is 0.740. The fourth-order valence-electron chi connectivity index (χ4n) is 1.73. The highest BCUT2D eigenvalue weighted by Gasteiger charge is 1.94. The molecule has 0 aromatic heterocycles. The van der Waals surface area contributed by atoms with Gasteiger partial charge in [-0.3, -0.25) is 4.99 Å². The zero-order valence-electron chi connectivity index (χ0n) is 12.6. The Hall–Kier alpha value is -0.630. The van der Waals surface area contributed by atoms with E-state index in [2.05, 4.69) is 31.1 Å². The van der Waals surface area contributed by atoms with Crippen molar-refractivity contribution in [2.45, 2.75) is 65.7 Å². The van der Waals surface area contributed by atoms with Gasteiger partial charge in [-0.05, 0) is 38.2 Å². The Kier molecular flexibility index (Phi) is 13.9. The van der Waals surface area contributed by atoms with E-state index in [9.17, 15) is 0 Å². The summed E-state index contributed by atoms with van der Waals surface area (Å²) in [7, 11) is 0. The summed E-state index contributed by atoms with van der Waals surface area (Å²) < 4.78 is 5.28. The van der Waals surface area contributed by atoms with Crippen molar-refractivity contribution in [2.75, 3.05) is 19.8 Å². The third kappa shape index (κ3) is 11.8. The van der Waals surface area contributed by atoms with E-state index in [1.807, 2.05) is 6.92 Å². The summed E-state index contributed by atoms with van der Waals surface area (Å²) in [5, 5.41) is 0. The van der Waals surface area contributed by atoms with Crippen LogP contribution >= 0.6 is 0 Å². The smallest absolute Gasteiger partial charge is 0.0661 e. The number of rotatable bonds is 12. The van der Waals surface area contributed by atoms with Gasteiger partial charge < -0.3 is 4.74 Å². The average Bonchev–Trinajstić information content (AvgIpc) is 2.39. The van der Waals surface area contributed by atoms with E-state index >= 15 is 0 Å². The zero-order valence-corrected chi connectivity index (χ0v) is 12.6. The molecule has 0 unspecified atom stereocenters. The van der Waals surface area contributed by atoms with Gasteiger partial charge in [-0.25, -0.2) is 0 Å². The molecule has 0 atom stereocenters. The predicted octanol–water partition coefficient (Wildman–Crippen LogP) is 4.79. The van der Waals surface area contributed by atoms with E-state index in [1.165, 1.54) is 50.5 Å². The van der Waals surface area contributed by atoms with E-state index in [4.69, 9.17) is 4.74 Å². The molecule has 0 aromatic carbocycles. The lowest BCUT2D eigenvalue weighted by Crippen LogP contribution is -1.98. The maximum absolute atomic E-state index is 5.28. The summed E-state index contributed by atoms with van der Waals surface area (Å²) >= 11 is 0. The first-order chi connectivity index (χ1) is 8.85. The summed E-state index contributed by atoms with van der Waals surface area (Å²) in [5.74, 6) is 0. The number of aliphatic imine (C=N–C) groups is 1. The molecule has 0 amide bonds. The van der Waals surface area contributed by atoms with Crippen LogP contribution in [0.25, 0.3) is 0 Å². The Morgan fingerprint density at radius 1 is 1.06 bits per heavy atom. The van der Waals surface area contributed by atoms with Gasteiger partial charge in [-0.15, -0.1) is 0 Å². The Morgan fingerprint density at radius 3 is 2.50 bits per heavy atom. The van der Waals surface area contributed by atoms with Gasteiger partial charge in [0.1, 0.15) is 0 Å². The Morgan fingerprint density at radius 2 is 1.83 bits per heavy atom. The predicted molar refractivity (Wildman–Crippen MR) is 81.6 cm³/mol. The largest absolute Gasteiger partial charge is 0.380 e. The number of ether oxygens (including phenoxy) is 1. The molecular weight excluding hydrogens is 222 g/mol. The van der Waals surface area contributed by atoms with Gasteiger partial charge in [0.15, 0.2) is 0 Å². The van der Waals surface area contributed by atoms with Crippen molar-refractivity contribution in [3.8, 4) is 0 Å². The Bertz CT molecular complexity index is 221. The number of unbranched alkanes of at least 4 members (excludes halogenated alkanes) is 4. The van der Waals surface area contributed by atoms with Gasteiger partial charge >= 0.3 is 0 Å². The number of nitrogens with zero attached hydrogens (tertiary/aromatic N) is 1. The van der Waals surface area contributed by atoms with Crippen LogP contribution in [-0.2, 0) is 4.74 Å². The second-order valence-corrected chi connectivity index (χ2v) is 4.61. The molecule has 0 fully saturated rings. The molecule has 0 rings (SSSR count). The Labute approximate surface area is 114 Å². The second-order valence-electron chi connectivity index (χ2n) is 4.61. The number of hydrogen-bond acceptors (Lipinski definition) is 2. The van der Waals surface area contributed by atoms with Crippen LogP contribution in [0.5, 0.6) is 0 Å². The fraction of sp³-hybridized carbons (Fsp3) is 0.812. The molecule has 106 valence electrons. The summed E-state index contributed by atoms with van der Waals surface area (Å²) in [5.41, 5.74) is 1.41. The van der Waals surface area contributed by atoms with Crippen molar-refractivity contribution in [3.05, 3.63) is 11.6 Å². The van der Waals surface area contributed by atoms with Gasteiger partial charge in [0.2, 0.25) is 0 Å². The lowest BCUT2D eigenvalue weighted by molar-refractivity contribution is 0.156. The van der Waals surface area contributed by atoms with Crippen molar-refractivity contribution in [3.63, 3.8) is 0 Å². The first-order valence-electron chi connectivity index (χ1n) is 7.61. The normalized spacial score (nSPS) is 12.5. The lowest BCUT2D eigenvalue weighted by atomic mass is 10.1. The second kappa shape index (κ2) is 14.4. The summed E-state index contributed by atoms with van der Waals surface area (Å²) in [6, 6.07) is 0. The van der Waals surface area contributed by atoms with E-state index in [0.29, 0.717) is 0 Å². The summed E-state index contributed by atoms with van der Waals surface area (Å²) in [6.07, 6.45) is 13.2. The maximum atomic E-state index is 5.28. The molecule has 0 bridgehead atoms. The molecule has 0 saturated heterocycles. The molecule has 0 aliphatic carbocycles. The first kappa shape index (κ1) is 17.4. The van der Waals surface area contributed by atoms with Crippen molar-refractivity contribution >= 4 is 6.21 Å². The summed E-state index contributed by atoms with van der Waals surface area (Å²) in [6.45, 7) is 8.81. The highest BCUT2D eigenvalue weighted by atomic mass is 16.5. The minimum atomic E-state index is 0.740. The van der Waals surface area contributed by atoms with Gasteiger partial charge in [0.05, 0.1) is 13.2 Å². The molecule has 2 heteroatoms. The van der Waals surface area contributed by atoms with Crippen LogP contribution in [0.3, 0.4) is 0 Å². The van der Waals surface area contributed by atoms with Gasteiger partial charge in [-0.2, -0.15) is 0 Å². The molecule has 0 heterocycles. The quantitative estimate of drug-likeness (QED) is 0.362. The Balaban J connectivity index is 3.95. The highest BCUT2D eigenvalue weighted by molar-refractivity contribution is 5.78. The average molecular weight is 253 g/mol. The van der Waals surface area contributed by atoms with Gasteiger partial charge in [0, 0.05) is 12.8 Å². The number of allylic oxidation sites excluding steroid dienone is 2. The van der Waals surface area contributed by atoms with E-state index in [-0.39, 0.29) is 0 Å². The van der Waals surface area contributed by atoms with Crippen molar-refractivity contribution in [1.82, 2.24) is 0 Å². The van der Waals surface area contributed by atoms with Crippen molar-refractivity contribution in [2.24, 2.45) is 4.99 Å². The molecule has 0 spiro atoms. The van der Waals surface area contributed by atoms with E-state index in [1.54, 1.807) is 0 Å². The molecule has 2 nitrogen and oxygen atoms in total. The first-order valence-corrected chi connectivity index (χ1v) is 7.61. The molecule has 0 aliphatic heterocycles. The minimum Gasteiger partial charge on any atom is -0.380 e. The van der Waals surface area contributed by atoms with Crippen LogP contribution in [0.1, 0.15) is 65.7 Å². The van der Waals surface area contributed by atoms with Crippen LogP contribution in [-0.4, -0.2) is 26.0 Å². The van der Waals surface area contributed by atoms with Gasteiger partial charge in [0.25, 0.3) is 0 Å². The maximum Gasteiger partial charge on any atom is 0.0661 e.